The van der Waals surface area contributed by atoms with Gasteiger partial charge in [-0.1, -0.05) is 42.3 Å². The number of rotatable bonds is 3. The van der Waals surface area contributed by atoms with Crippen molar-refractivity contribution in [1.82, 2.24) is 14.5 Å². The molecule has 0 aliphatic carbocycles. The number of para-hydroxylation sites is 1. The molecule has 0 unspecified atom stereocenters. The quantitative estimate of drug-likeness (QED) is 0.246. The molecule has 0 N–H and O–H groups in total. The fourth-order valence-corrected chi connectivity index (χ4v) is 4.12. The number of nitriles is 1. The van der Waals surface area contributed by atoms with Crippen molar-refractivity contribution in [2.45, 2.75) is 13.8 Å². The average Bonchev–Trinajstić information content (AvgIpc) is 3.44. The van der Waals surface area contributed by atoms with Gasteiger partial charge >= 0.3 is 0 Å². The lowest BCUT2D eigenvalue weighted by Crippen LogP contribution is -2.42. The molecule has 0 spiro atoms. The first kappa shape index (κ1) is 22.6. The van der Waals surface area contributed by atoms with Gasteiger partial charge in [-0.15, -0.1) is 0 Å². The van der Waals surface area contributed by atoms with E-state index < -0.39 is 11.8 Å². The van der Waals surface area contributed by atoms with Crippen molar-refractivity contribution in [3.05, 3.63) is 101 Å². The van der Waals surface area contributed by atoms with Gasteiger partial charge in [0.1, 0.15) is 11.6 Å². The van der Waals surface area contributed by atoms with Crippen LogP contribution in [-0.4, -0.2) is 32.8 Å². The topological polar surface area (TPSA) is 92.1 Å². The smallest absolute Gasteiger partial charge is 0.276 e. The van der Waals surface area contributed by atoms with Gasteiger partial charge in [-0.05, 0) is 55.7 Å². The van der Waals surface area contributed by atoms with Crippen molar-refractivity contribution >= 4 is 29.1 Å². The average molecular weight is 473 g/mol. The van der Waals surface area contributed by atoms with Crippen LogP contribution in [0.15, 0.2) is 87.9 Å². The van der Waals surface area contributed by atoms with Crippen LogP contribution in [0.4, 0.5) is 0 Å². The summed E-state index contributed by atoms with van der Waals surface area (Å²) in [5.41, 5.74) is 3.89. The summed E-state index contributed by atoms with van der Waals surface area (Å²) < 4.78 is 7.79. The molecule has 7 heteroatoms. The van der Waals surface area contributed by atoms with Crippen molar-refractivity contribution in [1.29, 1.82) is 5.26 Å². The minimum absolute atomic E-state index is 0.0409. The molecular weight excluding hydrogens is 452 g/mol. The molecule has 1 aliphatic rings. The van der Waals surface area contributed by atoms with Gasteiger partial charge in [-0.3, -0.25) is 19.1 Å². The Labute approximate surface area is 207 Å². The lowest BCUT2D eigenvalue weighted by molar-refractivity contribution is -0.140. The lowest BCUT2D eigenvalue weighted by Gasteiger charge is -2.26. The molecule has 2 aromatic heterocycles. The Bertz CT molecular complexity index is 1670. The molecule has 0 atom stereocenters. The van der Waals surface area contributed by atoms with Crippen LogP contribution >= 0.6 is 0 Å². The lowest BCUT2D eigenvalue weighted by atomic mass is 9.94. The highest BCUT2D eigenvalue weighted by molar-refractivity contribution is 6.19. The monoisotopic (exact) mass is 472 g/mol. The molecule has 2 aromatic carbocycles. The van der Waals surface area contributed by atoms with Gasteiger partial charge in [-0.25, -0.2) is 0 Å². The van der Waals surface area contributed by atoms with Gasteiger partial charge in [0.05, 0.1) is 5.69 Å². The van der Waals surface area contributed by atoms with Gasteiger partial charge in [0.15, 0.2) is 11.2 Å². The van der Waals surface area contributed by atoms with Crippen LogP contribution in [-0.2, 0) is 9.59 Å². The zero-order valence-electron chi connectivity index (χ0n) is 19.6. The Balaban J connectivity index is 1.68. The third-order valence-corrected chi connectivity index (χ3v) is 5.92. The minimum Gasteiger partial charge on any atom is -0.428 e. The highest BCUT2D eigenvalue weighted by Gasteiger charge is 2.34. The number of oxazole rings is 1. The van der Waals surface area contributed by atoms with Crippen LogP contribution in [0.3, 0.4) is 0 Å². The SMILES string of the molecule is CCN1C(=O)C(C#N)=C(C)/C(=C/c2cc3oc(C#Cc4ccccc4)nc3n2-c2ccccc2)C1=O. The summed E-state index contributed by atoms with van der Waals surface area (Å²) in [4.78, 5) is 31.4. The zero-order chi connectivity index (χ0) is 25.2. The number of imide groups is 1. The summed E-state index contributed by atoms with van der Waals surface area (Å²) in [6.45, 7) is 3.48. The Morgan fingerprint density at radius 3 is 2.36 bits per heavy atom. The summed E-state index contributed by atoms with van der Waals surface area (Å²) >= 11 is 0. The highest BCUT2D eigenvalue weighted by Crippen LogP contribution is 2.31. The van der Waals surface area contributed by atoms with Crippen molar-refractivity contribution in [2.75, 3.05) is 6.54 Å². The molecular formula is C29H20N4O3. The van der Waals surface area contributed by atoms with E-state index in [1.54, 1.807) is 26.0 Å². The summed E-state index contributed by atoms with van der Waals surface area (Å²) in [5, 5.41) is 9.56. The van der Waals surface area contributed by atoms with Crippen molar-refractivity contribution in [3.8, 4) is 23.6 Å². The second kappa shape index (κ2) is 9.25. The summed E-state index contributed by atoms with van der Waals surface area (Å²) in [5.74, 6) is 5.26. The largest absolute Gasteiger partial charge is 0.428 e. The van der Waals surface area contributed by atoms with E-state index in [4.69, 9.17) is 4.42 Å². The summed E-state index contributed by atoms with van der Waals surface area (Å²) in [7, 11) is 0. The molecule has 0 saturated carbocycles. The van der Waals surface area contributed by atoms with E-state index in [1.807, 2.05) is 71.3 Å². The maximum absolute atomic E-state index is 13.1. The molecule has 5 rings (SSSR count). The van der Waals surface area contributed by atoms with Crippen molar-refractivity contribution < 1.29 is 14.0 Å². The van der Waals surface area contributed by atoms with E-state index in [0.29, 0.717) is 22.5 Å². The second-order valence-electron chi connectivity index (χ2n) is 8.09. The number of likely N-dealkylation sites (N-methyl/N-ethyl adjacent to an activating group) is 1. The third kappa shape index (κ3) is 3.89. The van der Waals surface area contributed by atoms with Crippen LogP contribution in [0.2, 0.25) is 0 Å². The number of amides is 2. The molecule has 0 radical (unpaired) electrons. The molecule has 4 aromatic rings. The van der Waals surface area contributed by atoms with Crippen LogP contribution in [0.1, 0.15) is 31.0 Å². The van der Waals surface area contributed by atoms with E-state index in [1.165, 1.54) is 0 Å². The first-order valence-electron chi connectivity index (χ1n) is 11.4. The number of benzene rings is 2. The Hall–Kier alpha value is -5.14. The van der Waals surface area contributed by atoms with E-state index in [0.717, 1.165) is 16.2 Å². The van der Waals surface area contributed by atoms with Gasteiger partial charge < -0.3 is 4.42 Å². The number of aromatic nitrogens is 2. The van der Waals surface area contributed by atoms with Crippen LogP contribution < -0.4 is 0 Å². The predicted octanol–water partition coefficient (Wildman–Crippen LogP) is 4.63. The van der Waals surface area contributed by atoms with Gasteiger partial charge in [0, 0.05) is 29.4 Å². The maximum atomic E-state index is 13.1. The first-order chi connectivity index (χ1) is 17.5. The number of hydrogen-bond acceptors (Lipinski definition) is 5. The molecule has 1 aliphatic heterocycles. The first-order valence-corrected chi connectivity index (χ1v) is 11.4. The Morgan fingerprint density at radius 1 is 1.00 bits per heavy atom. The molecule has 2 amide bonds. The number of carbonyl (C=O) groups excluding carboxylic acids is 2. The number of carbonyl (C=O) groups is 2. The Kier molecular flexibility index (Phi) is 5.82. The van der Waals surface area contributed by atoms with Crippen LogP contribution in [0, 0.1) is 23.2 Å². The number of hydrogen-bond donors (Lipinski definition) is 0. The molecule has 174 valence electrons. The van der Waals surface area contributed by atoms with Crippen molar-refractivity contribution in [3.63, 3.8) is 0 Å². The minimum atomic E-state index is -0.574. The maximum Gasteiger partial charge on any atom is 0.276 e. The van der Waals surface area contributed by atoms with Crippen LogP contribution in [0.25, 0.3) is 23.0 Å². The normalized spacial score (nSPS) is 14.8. The van der Waals surface area contributed by atoms with Gasteiger partial charge in [-0.2, -0.15) is 10.2 Å². The van der Waals surface area contributed by atoms with E-state index >= 15 is 0 Å². The standard InChI is InChI=1S/C29H20N4O3/c1-3-32-28(34)23(19(2)24(18-30)29(32)35)16-22-17-25-27(33(22)21-12-8-5-9-13-21)31-26(36-25)15-14-20-10-6-4-7-11-20/h4-13,16-17H,3H2,1-2H3/b23-16-. The van der Waals surface area contributed by atoms with Crippen LogP contribution in [0.5, 0.6) is 0 Å². The summed E-state index contributed by atoms with van der Waals surface area (Å²) in [6, 6.07) is 22.8. The fraction of sp³-hybridized carbons (Fsp3) is 0.103. The zero-order valence-corrected chi connectivity index (χ0v) is 19.6. The van der Waals surface area contributed by atoms with Gasteiger partial charge in [0.2, 0.25) is 0 Å². The Morgan fingerprint density at radius 2 is 1.69 bits per heavy atom. The molecule has 0 bridgehead atoms. The molecule has 3 heterocycles. The molecule has 0 fully saturated rings. The van der Waals surface area contributed by atoms with E-state index in [2.05, 4.69) is 16.8 Å². The number of nitrogens with zero attached hydrogens (tertiary/aromatic N) is 4. The van der Waals surface area contributed by atoms with Gasteiger partial charge in [0.25, 0.3) is 17.7 Å². The fourth-order valence-electron chi connectivity index (χ4n) is 4.12. The van der Waals surface area contributed by atoms with Crippen molar-refractivity contribution in [2.24, 2.45) is 0 Å². The molecule has 0 saturated heterocycles. The number of fused-ring (bicyclic) bond motifs is 1. The summed E-state index contributed by atoms with van der Waals surface area (Å²) in [6.07, 6.45) is 1.67. The highest BCUT2D eigenvalue weighted by atomic mass is 16.3. The molecule has 7 nitrogen and oxygen atoms in total. The molecule has 36 heavy (non-hydrogen) atoms. The third-order valence-electron chi connectivity index (χ3n) is 5.92. The van der Waals surface area contributed by atoms with E-state index in [-0.39, 0.29) is 23.6 Å². The van der Waals surface area contributed by atoms with E-state index in [9.17, 15) is 14.9 Å². The predicted molar refractivity (Wildman–Crippen MR) is 134 cm³/mol. The second-order valence-corrected chi connectivity index (χ2v) is 8.09.